The number of anilines is 1. The van der Waals surface area contributed by atoms with Crippen molar-refractivity contribution in [2.75, 3.05) is 31.9 Å². The number of ether oxygens (including phenoxy) is 1. The molecule has 2 aromatic rings. The van der Waals surface area contributed by atoms with E-state index in [1.807, 2.05) is 30.0 Å². The molecule has 1 heterocycles. The highest BCUT2D eigenvalue weighted by Gasteiger charge is 2.14. The first kappa shape index (κ1) is 19.1. The molecule has 0 spiro atoms. The zero-order valence-corrected chi connectivity index (χ0v) is 14.9. The van der Waals surface area contributed by atoms with Crippen molar-refractivity contribution in [1.29, 1.82) is 0 Å². The molecule has 7 heteroatoms. The van der Waals surface area contributed by atoms with Crippen molar-refractivity contribution in [3.05, 3.63) is 41.3 Å². The minimum absolute atomic E-state index is 0.163. The molecule has 0 aliphatic heterocycles. The van der Waals surface area contributed by atoms with E-state index < -0.39 is 5.97 Å². The number of carbonyl (C=O) groups is 2. The van der Waals surface area contributed by atoms with Gasteiger partial charge in [0, 0.05) is 21.7 Å². The molecule has 0 radical (unpaired) electrons. The van der Waals surface area contributed by atoms with Crippen LogP contribution in [0, 0.1) is 0 Å². The third-order valence-corrected chi connectivity index (χ3v) is 3.60. The summed E-state index contributed by atoms with van der Waals surface area (Å²) in [4.78, 5) is 24.1. The molecule has 0 saturated heterocycles. The molecule has 2 rings (SSSR count). The maximum atomic E-state index is 12.1. The fourth-order valence-electron chi connectivity index (χ4n) is 1.72. The number of nitrogens with one attached hydrogen (secondary N) is 1. The molecule has 1 amide bonds. The van der Waals surface area contributed by atoms with E-state index in [0.717, 1.165) is 10.4 Å². The van der Waals surface area contributed by atoms with Crippen molar-refractivity contribution in [3.63, 3.8) is 0 Å². The van der Waals surface area contributed by atoms with E-state index in [1.165, 1.54) is 18.4 Å². The van der Waals surface area contributed by atoms with Gasteiger partial charge in [-0.2, -0.15) is 11.8 Å². The third-order valence-electron chi connectivity index (χ3n) is 2.70. The van der Waals surface area contributed by atoms with Crippen LogP contribution in [0.3, 0.4) is 0 Å². The molecular formula is C16H20N2O3S2. The van der Waals surface area contributed by atoms with Gasteiger partial charge in [0.15, 0.2) is 0 Å². The van der Waals surface area contributed by atoms with E-state index in [9.17, 15) is 9.59 Å². The molecule has 0 aliphatic carbocycles. The molecule has 0 bridgehead atoms. The molecule has 124 valence electrons. The first-order chi connectivity index (χ1) is 11.0. The predicted molar refractivity (Wildman–Crippen MR) is 98.0 cm³/mol. The van der Waals surface area contributed by atoms with Gasteiger partial charge in [0.05, 0.1) is 7.11 Å². The zero-order valence-electron chi connectivity index (χ0n) is 13.3. The standard InChI is InChI=1S/C14H14N2O3S.C2H6S/c1-19-13(17)8-16-14(18)10-5-4-9(15)7-11(10)12-3-2-6-20-12;1-3-2/h2-7H,8,15H2,1H3,(H,16,18);1-2H3. The molecule has 5 nitrogen and oxygen atoms in total. The number of benzene rings is 1. The van der Waals surface area contributed by atoms with Crippen LogP contribution in [0.15, 0.2) is 35.7 Å². The number of hydrogen-bond donors (Lipinski definition) is 2. The number of rotatable bonds is 4. The lowest BCUT2D eigenvalue weighted by Gasteiger charge is -2.09. The molecule has 1 aromatic carbocycles. The Balaban J connectivity index is 0.000000816. The second-order valence-electron chi connectivity index (χ2n) is 4.45. The van der Waals surface area contributed by atoms with Gasteiger partial charge in [0.2, 0.25) is 0 Å². The van der Waals surface area contributed by atoms with Gasteiger partial charge in [0.1, 0.15) is 6.54 Å². The van der Waals surface area contributed by atoms with Crippen LogP contribution >= 0.6 is 23.1 Å². The second kappa shape index (κ2) is 9.91. The Morgan fingerprint density at radius 1 is 1.30 bits per heavy atom. The Bertz CT molecular complexity index is 643. The van der Waals surface area contributed by atoms with Gasteiger partial charge >= 0.3 is 5.97 Å². The maximum absolute atomic E-state index is 12.1. The lowest BCUT2D eigenvalue weighted by molar-refractivity contribution is -0.139. The fraction of sp³-hybridized carbons (Fsp3) is 0.250. The topological polar surface area (TPSA) is 81.4 Å². The summed E-state index contributed by atoms with van der Waals surface area (Å²) in [5.41, 5.74) is 7.59. The van der Waals surface area contributed by atoms with Crippen LogP contribution in [0.25, 0.3) is 10.4 Å². The molecular weight excluding hydrogens is 332 g/mol. The van der Waals surface area contributed by atoms with Crippen LogP contribution in [0.5, 0.6) is 0 Å². The first-order valence-corrected chi connectivity index (χ1v) is 9.23. The van der Waals surface area contributed by atoms with E-state index in [2.05, 4.69) is 10.1 Å². The summed E-state index contributed by atoms with van der Waals surface area (Å²) in [5.74, 6) is -0.828. The lowest BCUT2D eigenvalue weighted by atomic mass is 10.0. The van der Waals surface area contributed by atoms with Crippen LogP contribution < -0.4 is 11.1 Å². The van der Waals surface area contributed by atoms with Gasteiger partial charge in [-0.05, 0) is 42.2 Å². The molecule has 0 atom stereocenters. The van der Waals surface area contributed by atoms with Crippen LogP contribution in [0.4, 0.5) is 5.69 Å². The summed E-state index contributed by atoms with van der Waals surface area (Å²) >= 11 is 3.27. The third kappa shape index (κ3) is 5.96. The second-order valence-corrected chi connectivity index (χ2v) is 6.21. The summed E-state index contributed by atoms with van der Waals surface area (Å²) < 4.78 is 4.49. The number of thiophene rings is 1. The zero-order chi connectivity index (χ0) is 17.2. The number of methoxy groups -OCH3 is 1. The number of hydrogen-bond acceptors (Lipinski definition) is 6. The Labute approximate surface area is 144 Å². The summed E-state index contributed by atoms with van der Waals surface area (Å²) in [5, 5.41) is 4.45. The van der Waals surface area contributed by atoms with Crippen molar-refractivity contribution >= 4 is 40.7 Å². The molecule has 0 saturated carbocycles. The summed E-state index contributed by atoms with van der Waals surface area (Å²) in [6.07, 6.45) is 4.08. The van der Waals surface area contributed by atoms with Crippen molar-refractivity contribution in [2.45, 2.75) is 0 Å². The van der Waals surface area contributed by atoms with Crippen LogP contribution in [0.2, 0.25) is 0 Å². The summed E-state index contributed by atoms with van der Waals surface area (Å²) in [7, 11) is 1.27. The van der Waals surface area contributed by atoms with E-state index in [1.54, 1.807) is 30.0 Å². The average Bonchev–Trinajstić information content (AvgIpc) is 3.07. The largest absolute Gasteiger partial charge is 0.468 e. The van der Waals surface area contributed by atoms with Crippen LogP contribution in [0.1, 0.15) is 10.4 Å². The highest BCUT2D eigenvalue weighted by atomic mass is 32.2. The van der Waals surface area contributed by atoms with Gasteiger partial charge in [0.25, 0.3) is 5.91 Å². The van der Waals surface area contributed by atoms with Crippen LogP contribution in [-0.4, -0.2) is 38.0 Å². The van der Waals surface area contributed by atoms with Crippen molar-refractivity contribution < 1.29 is 14.3 Å². The average molecular weight is 352 g/mol. The first-order valence-electron chi connectivity index (χ1n) is 6.72. The van der Waals surface area contributed by atoms with Crippen molar-refractivity contribution in [1.82, 2.24) is 5.32 Å². The molecule has 23 heavy (non-hydrogen) atoms. The smallest absolute Gasteiger partial charge is 0.325 e. The maximum Gasteiger partial charge on any atom is 0.325 e. The molecule has 3 N–H and O–H groups in total. The van der Waals surface area contributed by atoms with Crippen LogP contribution in [-0.2, 0) is 9.53 Å². The monoisotopic (exact) mass is 352 g/mol. The fourth-order valence-corrected chi connectivity index (χ4v) is 2.47. The molecule has 0 aliphatic rings. The minimum atomic E-state index is -0.494. The van der Waals surface area contributed by atoms with Crippen molar-refractivity contribution in [2.24, 2.45) is 0 Å². The number of nitrogen functional groups attached to an aromatic ring is 1. The Morgan fingerprint density at radius 3 is 2.57 bits per heavy atom. The van der Waals surface area contributed by atoms with Gasteiger partial charge < -0.3 is 15.8 Å². The summed E-state index contributed by atoms with van der Waals surface area (Å²) in [6.45, 7) is -0.163. The molecule has 0 unspecified atom stereocenters. The number of carbonyl (C=O) groups excluding carboxylic acids is 2. The molecule has 1 aromatic heterocycles. The van der Waals surface area contributed by atoms with E-state index >= 15 is 0 Å². The van der Waals surface area contributed by atoms with Crippen molar-refractivity contribution in [3.8, 4) is 10.4 Å². The minimum Gasteiger partial charge on any atom is -0.468 e. The number of amides is 1. The quantitative estimate of drug-likeness (QED) is 0.653. The van der Waals surface area contributed by atoms with Gasteiger partial charge in [-0.3, -0.25) is 9.59 Å². The highest BCUT2D eigenvalue weighted by Crippen LogP contribution is 2.29. The van der Waals surface area contributed by atoms with Gasteiger partial charge in [-0.25, -0.2) is 0 Å². The predicted octanol–water partition coefficient (Wildman–Crippen LogP) is 2.88. The van der Waals surface area contributed by atoms with Gasteiger partial charge in [-0.15, -0.1) is 11.3 Å². The normalized spacial score (nSPS) is 9.52. The molecule has 0 fully saturated rings. The number of nitrogens with two attached hydrogens (primary N) is 1. The van der Waals surface area contributed by atoms with Gasteiger partial charge in [-0.1, -0.05) is 6.07 Å². The Morgan fingerprint density at radius 2 is 2.00 bits per heavy atom. The van der Waals surface area contributed by atoms with E-state index in [0.29, 0.717) is 11.3 Å². The van der Waals surface area contributed by atoms with E-state index in [-0.39, 0.29) is 12.5 Å². The number of thioether (sulfide) groups is 1. The summed E-state index contributed by atoms with van der Waals surface area (Å²) in [6, 6.07) is 8.87. The SMILES string of the molecule is COC(=O)CNC(=O)c1ccc(N)cc1-c1cccs1.CSC. The number of esters is 1. The lowest BCUT2D eigenvalue weighted by Crippen LogP contribution is -2.30. The Kier molecular flexibility index (Phi) is 8.21. The van der Waals surface area contributed by atoms with E-state index in [4.69, 9.17) is 5.73 Å². The Hall–Kier alpha value is -1.99. The highest BCUT2D eigenvalue weighted by molar-refractivity contribution is 7.97.